The van der Waals surface area contributed by atoms with E-state index < -0.39 is 0 Å². The Balaban J connectivity index is 1.34. The van der Waals surface area contributed by atoms with E-state index in [-0.39, 0.29) is 5.91 Å². The molecular formula is C21H22N4OS. The first-order chi connectivity index (χ1) is 13.2. The van der Waals surface area contributed by atoms with Gasteiger partial charge in [-0.3, -0.25) is 4.79 Å². The van der Waals surface area contributed by atoms with Gasteiger partial charge in [0.25, 0.3) is 0 Å². The quantitative estimate of drug-likeness (QED) is 0.698. The Hall–Kier alpha value is -2.73. The summed E-state index contributed by atoms with van der Waals surface area (Å²) in [5.74, 6) is 1.07. The van der Waals surface area contributed by atoms with Gasteiger partial charge in [0, 0.05) is 26.2 Å². The van der Waals surface area contributed by atoms with Gasteiger partial charge in [0.15, 0.2) is 5.82 Å². The summed E-state index contributed by atoms with van der Waals surface area (Å²) in [6.45, 7) is 5.07. The standard InChI is InChI=1S/C21H22N4OS/c1-16-5-2-3-6-17(16)15-21(26)25-12-10-24(11-13-25)20-9-8-18(22-23-20)19-7-4-14-27-19/h2-9,14H,10-13,15H2,1H3. The van der Waals surface area contributed by atoms with Crippen molar-refractivity contribution in [2.75, 3.05) is 31.1 Å². The van der Waals surface area contributed by atoms with Crippen LogP contribution < -0.4 is 4.90 Å². The molecular weight excluding hydrogens is 356 g/mol. The Labute approximate surface area is 163 Å². The highest BCUT2D eigenvalue weighted by atomic mass is 32.1. The molecule has 0 aliphatic carbocycles. The number of hydrogen-bond donors (Lipinski definition) is 0. The van der Waals surface area contributed by atoms with Crippen LogP contribution in [0, 0.1) is 6.92 Å². The summed E-state index contributed by atoms with van der Waals surface area (Å²) in [6.07, 6.45) is 0.474. The number of carbonyl (C=O) groups excluding carboxylic acids is 1. The SMILES string of the molecule is Cc1ccccc1CC(=O)N1CCN(c2ccc(-c3cccs3)nn2)CC1. The number of amides is 1. The lowest BCUT2D eigenvalue weighted by atomic mass is 10.1. The Morgan fingerprint density at radius 3 is 2.48 bits per heavy atom. The van der Waals surface area contributed by atoms with E-state index in [2.05, 4.69) is 28.1 Å². The highest BCUT2D eigenvalue weighted by Crippen LogP contribution is 2.23. The van der Waals surface area contributed by atoms with E-state index in [0.717, 1.165) is 48.1 Å². The molecule has 0 spiro atoms. The molecule has 1 aromatic carbocycles. The lowest BCUT2D eigenvalue weighted by Crippen LogP contribution is -2.49. The molecule has 6 heteroatoms. The van der Waals surface area contributed by atoms with Gasteiger partial charge in [0.05, 0.1) is 11.3 Å². The number of benzene rings is 1. The zero-order valence-electron chi connectivity index (χ0n) is 15.3. The largest absolute Gasteiger partial charge is 0.352 e. The summed E-state index contributed by atoms with van der Waals surface area (Å²) in [5, 5.41) is 10.8. The molecule has 0 saturated carbocycles. The molecule has 0 radical (unpaired) electrons. The molecule has 27 heavy (non-hydrogen) atoms. The maximum Gasteiger partial charge on any atom is 0.227 e. The minimum Gasteiger partial charge on any atom is -0.352 e. The first-order valence-electron chi connectivity index (χ1n) is 9.15. The molecule has 3 aromatic rings. The molecule has 1 amide bonds. The van der Waals surface area contributed by atoms with Crippen LogP contribution in [0.5, 0.6) is 0 Å². The zero-order chi connectivity index (χ0) is 18.6. The van der Waals surface area contributed by atoms with Crippen molar-refractivity contribution in [1.82, 2.24) is 15.1 Å². The van der Waals surface area contributed by atoms with E-state index >= 15 is 0 Å². The van der Waals surface area contributed by atoms with Crippen molar-refractivity contribution in [3.8, 4) is 10.6 Å². The monoisotopic (exact) mass is 378 g/mol. The van der Waals surface area contributed by atoms with E-state index in [4.69, 9.17) is 0 Å². The molecule has 2 aromatic heterocycles. The molecule has 0 N–H and O–H groups in total. The second kappa shape index (κ2) is 7.88. The minimum atomic E-state index is 0.197. The van der Waals surface area contributed by atoms with E-state index in [9.17, 15) is 4.79 Å². The number of aryl methyl sites for hydroxylation is 1. The van der Waals surface area contributed by atoms with E-state index in [1.165, 1.54) is 5.56 Å². The van der Waals surface area contributed by atoms with Crippen molar-refractivity contribution >= 4 is 23.1 Å². The maximum absolute atomic E-state index is 12.6. The van der Waals surface area contributed by atoms with Gasteiger partial charge in [-0.05, 0) is 41.6 Å². The number of anilines is 1. The van der Waals surface area contributed by atoms with Gasteiger partial charge in [0.1, 0.15) is 5.69 Å². The Kier molecular flexibility index (Phi) is 5.16. The fraction of sp³-hybridized carbons (Fsp3) is 0.286. The summed E-state index contributed by atoms with van der Waals surface area (Å²) in [5.41, 5.74) is 3.19. The normalized spacial score (nSPS) is 14.4. The van der Waals surface area contributed by atoms with Crippen LogP contribution in [0.2, 0.25) is 0 Å². The third-order valence-electron chi connectivity index (χ3n) is 4.98. The lowest BCUT2D eigenvalue weighted by Gasteiger charge is -2.35. The number of carbonyl (C=O) groups is 1. The number of nitrogens with zero attached hydrogens (tertiary/aromatic N) is 4. The van der Waals surface area contributed by atoms with E-state index in [1.807, 2.05) is 52.7 Å². The first kappa shape index (κ1) is 17.7. The number of hydrogen-bond acceptors (Lipinski definition) is 5. The third-order valence-corrected chi connectivity index (χ3v) is 5.88. The number of rotatable bonds is 4. The van der Waals surface area contributed by atoms with Crippen molar-refractivity contribution in [1.29, 1.82) is 0 Å². The minimum absolute atomic E-state index is 0.197. The average Bonchev–Trinajstić information content (AvgIpc) is 3.25. The highest BCUT2D eigenvalue weighted by molar-refractivity contribution is 7.13. The third kappa shape index (κ3) is 4.01. The van der Waals surface area contributed by atoms with Gasteiger partial charge in [-0.15, -0.1) is 21.5 Å². The maximum atomic E-state index is 12.6. The van der Waals surface area contributed by atoms with Crippen LogP contribution >= 0.6 is 11.3 Å². The topological polar surface area (TPSA) is 49.3 Å². The van der Waals surface area contributed by atoms with Gasteiger partial charge >= 0.3 is 0 Å². The van der Waals surface area contributed by atoms with Crippen LogP contribution in [0.3, 0.4) is 0 Å². The zero-order valence-corrected chi connectivity index (χ0v) is 16.2. The summed E-state index contributed by atoms with van der Waals surface area (Å²) in [6, 6.07) is 16.2. The molecule has 3 heterocycles. The van der Waals surface area contributed by atoms with Crippen LogP contribution in [0.15, 0.2) is 53.9 Å². The van der Waals surface area contributed by atoms with Gasteiger partial charge < -0.3 is 9.80 Å². The van der Waals surface area contributed by atoms with E-state index in [0.29, 0.717) is 6.42 Å². The fourth-order valence-corrected chi connectivity index (χ4v) is 4.01. The first-order valence-corrected chi connectivity index (χ1v) is 10.0. The molecule has 0 unspecified atom stereocenters. The Bertz CT molecular complexity index is 900. The molecule has 138 valence electrons. The molecule has 1 aliphatic rings. The van der Waals surface area contributed by atoms with Crippen LogP contribution in [-0.4, -0.2) is 47.2 Å². The van der Waals surface area contributed by atoms with E-state index in [1.54, 1.807) is 11.3 Å². The molecule has 0 atom stereocenters. The summed E-state index contributed by atoms with van der Waals surface area (Å²) >= 11 is 1.66. The summed E-state index contributed by atoms with van der Waals surface area (Å²) in [7, 11) is 0. The van der Waals surface area contributed by atoms with Crippen LogP contribution in [0.25, 0.3) is 10.6 Å². The molecule has 1 aliphatic heterocycles. The van der Waals surface area contributed by atoms with Crippen LogP contribution in [-0.2, 0) is 11.2 Å². The molecule has 1 saturated heterocycles. The van der Waals surface area contributed by atoms with Gasteiger partial charge in [0.2, 0.25) is 5.91 Å². The second-order valence-electron chi connectivity index (χ2n) is 6.73. The molecule has 0 bridgehead atoms. The lowest BCUT2D eigenvalue weighted by molar-refractivity contribution is -0.130. The average molecular weight is 379 g/mol. The fourth-order valence-electron chi connectivity index (χ4n) is 3.32. The van der Waals surface area contributed by atoms with Gasteiger partial charge in [-0.25, -0.2) is 0 Å². The predicted molar refractivity (Wildman–Crippen MR) is 109 cm³/mol. The summed E-state index contributed by atoms with van der Waals surface area (Å²) < 4.78 is 0. The van der Waals surface area contributed by atoms with Crippen molar-refractivity contribution in [2.45, 2.75) is 13.3 Å². The van der Waals surface area contributed by atoms with Crippen LogP contribution in [0.1, 0.15) is 11.1 Å². The van der Waals surface area contributed by atoms with Crippen molar-refractivity contribution < 1.29 is 4.79 Å². The number of aromatic nitrogens is 2. The van der Waals surface area contributed by atoms with Gasteiger partial charge in [-0.1, -0.05) is 30.3 Å². The number of piperazine rings is 1. The summed E-state index contributed by atoms with van der Waals surface area (Å²) in [4.78, 5) is 17.9. The van der Waals surface area contributed by atoms with Crippen molar-refractivity contribution in [3.05, 3.63) is 65.0 Å². The van der Waals surface area contributed by atoms with Crippen LogP contribution in [0.4, 0.5) is 5.82 Å². The Morgan fingerprint density at radius 2 is 1.81 bits per heavy atom. The predicted octanol–water partition coefficient (Wildman–Crippen LogP) is 3.40. The molecule has 4 rings (SSSR count). The Morgan fingerprint density at radius 1 is 1.00 bits per heavy atom. The number of thiophene rings is 1. The highest BCUT2D eigenvalue weighted by Gasteiger charge is 2.22. The molecule has 5 nitrogen and oxygen atoms in total. The molecule has 1 fully saturated rings. The smallest absolute Gasteiger partial charge is 0.227 e. The van der Waals surface area contributed by atoms with Crippen molar-refractivity contribution in [2.24, 2.45) is 0 Å². The van der Waals surface area contributed by atoms with Crippen molar-refractivity contribution in [3.63, 3.8) is 0 Å². The van der Waals surface area contributed by atoms with Gasteiger partial charge in [-0.2, -0.15) is 0 Å². The second-order valence-corrected chi connectivity index (χ2v) is 7.67.